The van der Waals surface area contributed by atoms with E-state index in [9.17, 15) is 4.79 Å². The molecule has 1 unspecified atom stereocenters. The van der Waals surface area contributed by atoms with Gasteiger partial charge in [-0.2, -0.15) is 0 Å². The molecule has 0 radical (unpaired) electrons. The van der Waals surface area contributed by atoms with Gasteiger partial charge in [-0.1, -0.05) is 42.4 Å². The molecule has 6 nitrogen and oxygen atoms in total. The predicted octanol–water partition coefficient (Wildman–Crippen LogP) is 5.38. The third-order valence-electron chi connectivity index (χ3n) is 5.04. The summed E-state index contributed by atoms with van der Waals surface area (Å²) in [6.07, 6.45) is 0.844. The minimum absolute atomic E-state index is 0.0366. The first-order valence-electron chi connectivity index (χ1n) is 10.1. The molecule has 0 saturated carbocycles. The zero-order valence-corrected chi connectivity index (χ0v) is 19.9. The highest BCUT2D eigenvalue weighted by atomic mass is 35.5. The van der Waals surface area contributed by atoms with Crippen LogP contribution in [0.1, 0.15) is 34.1 Å². The highest BCUT2D eigenvalue weighted by Gasteiger charge is 2.25. The fourth-order valence-corrected chi connectivity index (χ4v) is 3.85. The van der Waals surface area contributed by atoms with Crippen LogP contribution >= 0.6 is 23.4 Å². The molecule has 0 saturated heterocycles. The van der Waals surface area contributed by atoms with Gasteiger partial charge < -0.3 is 10.1 Å². The van der Waals surface area contributed by atoms with Crippen LogP contribution in [0.25, 0.3) is 17.1 Å². The summed E-state index contributed by atoms with van der Waals surface area (Å²) in [7, 11) is 1.63. The number of aromatic nitrogens is 3. The largest absolute Gasteiger partial charge is 0.497 e. The van der Waals surface area contributed by atoms with Gasteiger partial charge in [0.2, 0.25) is 5.91 Å². The van der Waals surface area contributed by atoms with E-state index in [1.165, 1.54) is 11.8 Å². The summed E-state index contributed by atoms with van der Waals surface area (Å²) in [5, 5.41) is 12.9. The molecule has 164 valence electrons. The summed E-state index contributed by atoms with van der Waals surface area (Å²) >= 11 is 7.46. The Morgan fingerprint density at radius 1 is 1.23 bits per heavy atom. The molecule has 1 atom stereocenters. The van der Waals surface area contributed by atoms with Gasteiger partial charge >= 0.3 is 0 Å². The maximum atomic E-state index is 12.8. The second-order valence-corrected chi connectivity index (χ2v) is 9.58. The van der Waals surface area contributed by atoms with Crippen LogP contribution in [0, 0.1) is 0 Å². The van der Waals surface area contributed by atoms with Crippen molar-refractivity contribution in [3.63, 3.8) is 0 Å². The van der Waals surface area contributed by atoms with Crippen molar-refractivity contribution in [2.24, 2.45) is 0 Å². The summed E-state index contributed by atoms with van der Waals surface area (Å²) in [6, 6.07) is 15.1. The molecule has 0 aliphatic heterocycles. The average molecular weight is 459 g/mol. The quantitative estimate of drug-likeness (QED) is 0.459. The SMILES string of the molecule is CCC(C)(C)NC(=O)C(C)Sc1nnc(-c2cccc(OC)c2)n1-c1ccc(Cl)cc1. The summed E-state index contributed by atoms with van der Waals surface area (Å²) < 4.78 is 7.30. The Labute approximate surface area is 192 Å². The van der Waals surface area contributed by atoms with Crippen molar-refractivity contribution in [2.45, 2.75) is 50.1 Å². The van der Waals surface area contributed by atoms with Crippen LogP contribution < -0.4 is 10.1 Å². The molecule has 31 heavy (non-hydrogen) atoms. The molecule has 3 aromatic rings. The van der Waals surface area contributed by atoms with Gasteiger partial charge in [-0.15, -0.1) is 10.2 Å². The van der Waals surface area contributed by atoms with Gasteiger partial charge in [-0.3, -0.25) is 9.36 Å². The van der Waals surface area contributed by atoms with Gasteiger partial charge in [0.25, 0.3) is 0 Å². The molecule has 0 bridgehead atoms. The Kier molecular flexibility index (Phi) is 7.28. The number of nitrogens with one attached hydrogen (secondary N) is 1. The zero-order chi connectivity index (χ0) is 22.6. The maximum Gasteiger partial charge on any atom is 0.233 e. The van der Waals surface area contributed by atoms with E-state index in [0.29, 0.717) is 16.0 Å². The molecule has 0 aliphatic rings. The molecule has 3 rings (SSSR count). The van der Waals surface area contributed by atoms with Crippen molar-refractivity contribution in [1.82, 2.24) is 20.1 Å². The molecule has 8 heteroatoms. The number of hydrogen-bond acceptors (Lipinski definition) is 5. The molecule has 0 aliphatic carbocycles. The van der Waals surface area contributed by atoms with E-state index >= 15 is 0 Å². The number of halogens is 1. The highest BCUT2D eigenvalue weighted by Crippen LogP contribution is 2.32. The van der Waals surface area contributed by atoms with Crippen LogP contribution in [-0.2, 0) is 4.79 Å². The van der Waals surface area contributed by atoms with Crippen molar-refractivity contribution in [2.75, 3.05) is 7.11 Å². The second kappa shape index (κ2) is 9.75. The van der Waals surface area contributed by atoms with Gasteiger partial charge in [0.15, 0.2) is 11.0 Å². The number of amides is 1. The molecule has 1 aromatic heterocycles. The number of methoxy groups -OCH3 is 1. The molecule has 1 N–H and O–H groups in total. The normalized spacial score (nSPS) is 12.5. The van der Waals surface area contributed by atoms with E-state index < -0.39 is 0 Å². The van der Waals surface area contributed by atoms with E-state index in [0.717, 1.165) is 23.4 Å². The van der Waals surface area contributed by atoms with Gasteiger partial charge in [-0.25, -0.2) is 0 Å². The monoisotopic (exact) mass is 458 g/mol. The summed E-state index contributed by atoms with van der Waals surface area (Å²) in [5.74, 6) is 1.35. The fraction of sp³-hybridized carbons (Fsp3) is 0.348. The number of nitrogens with zero attached hydrogens (tertiary/aromatic N) is 3. The smallest absolute Gasteiger partial charge is 0.233 e. The lowest BCUT2D eigenvalue weighted by molar-refractivity contribution is -0.121. The Balaban J connectivity index is 1.99. The van der Waals surface area contributed by atoms with Crippen LogP contribution in [0.3, 0.4) is 0 Å². The standard InChI is InChI=1S/C23H27ClN4O2S/c1-6-23(3,4)25-21(29)15(2)31-22-27-26-20(16-8-7-9-19(14-16)30-5)28(22)18-12-10-17(24)11-13-18/h7-15H,6H2,1-5H3,(H,25,29). The third-order valence-corrected chi connectivity index (χ3v) is 6.34. The predicted molar refractivity (Wildman–Crippen MR) is 126 cm³/mol. The lowest BCUT2D eigenvalue weighted by Crippen LogP contribution is -2.46. The fourth-order valence-electron chi connectivity index (χ4n) is 2.85. The number of benzene rings is 2. The van der Waals surface area contributed by atoms with Crippen LogP contribution in [-0.4, -0.2) is 38.6 Å². The van der Waals surface area contributed by atoms with Crippen molar-refractivity contribution in [1.29, 1.82) is 0 Å². The van der Waals surface area contributed by atoms with Crippen molar-refractivity contribution in [3.05, 3.63) is 53.6 Å². The zero-order valence-electron chi connectivity index (χ0n) is 18.3. The lowest BCUT2D eigenvalue weighted by atomic mass is 10.0. The second-order valence-electron chi connectivity index (χ2n) is 7.84. The number of thioether (sulfide) groups is 1. The van der Waals surface area contributed by atoms with E-state index in [1.54, 1.807) is 7.11 Å². The Morgan fingerprint density at radius 3 is 2.58 bits per heavy atom. The minimum Gasteiger partial charge on any atom is -0.497 e. The lowest BCUT2D eigenvalue weighted by Gasteiger charge is -2.26. The van der Waals surface area contributed by atoms with Gasteiger partial charge in [-0.05, 0) is 63.6 Å². The molecule has 0 fully saturated rings. The number of carbonyl (C=O) groups is 1. The van der Waals surface area contributed by atoms with Crippen LogP contribution in [0.4, 0.5) is 0 Å². The number of carbonyl (C=O) groups excluding carboxylic acids is 1. The van der Waals surface area contributed by atoms with Gasteiger partial charge in [0, 0.05) is 21.8 Å². The molecule has 2 aromatic carbocycles. The number of rotatable bonds is 8. The van der Waals surface area contributed by atoms with Crippen molar-refractivity contribution >= 4 is 29.3 Å². The average Bonchev–Trinajstić information content (AvgIpc) is 3.17. The number of hydrogen-bond donors (Lipinski definition) is 1. The Morgan fingerprint density at radius 2 is 1.94 bits per heavy atom. The summed E-state index contributed by atoms with van der Waals surface area (Å²) in [6.45, 7) is 7.95. The first-order valence-corrected chi connectivity index (χ1v) is 11.3. The van der Waals surface area contributed by atoms with Crippen molar-refractivity contribution < 1.29 is 9.53 Å². The van der Waals surface area contributed by atoms with E-state index in [-0.39, 0.29) is 16.7 Å². The molecule has 1 heterocycles. The summed E-state index contributed by atoms with van der Waals surface area (Å²) in [4.78, 5) is 12.8. The number of ether oxygens (including phenoxy) is 1. The Bertz CT molecular complexity index is 1050. The molecule has 1 amide bonds. The van der Waals surface area contributed by atoms with Crippen LogP contribution in [0.2, 0.25) is 5.02 Å². The van der Waals surface area contributed by atoms with E-state index in [2.05, 4.69) is 22.4 Å². The van der Waals surface area contributed by atoms with E-state index in [4.69, 9.17) is 16.3 Å². The maximum absolute atomic E-state index is 12.8. The molecular formula is C23H27ClN4O2S. The molecule has 0 spiro atoms. The minimum atomic E-state index is -0.348. The topological polar surface area (TPSA) is 69.0 Å². The first kappa shape index (κ1) is 23.2. The van der Waals surface area contributed by atoms with E-state index in [1.807, 2.05) is 73.9 Å². The van der Waals surface area contributed by atoms with Gasteiger partial charge in [0.05, 0.1) is 12.4 Å². The first-order chi connectivity index (χ1) is 14.7. The Hall–Kier alpha value is -2.51. The van der Waals surface area contributed by atoms with Crippen molar-refractivity contribution in [3.8, 4) is 22.8 Å². The highest BCUT2D eigenvalue weighted by molar-refractivity contribution is 8.00. The molecular weight excluding hydrogens is 432 g/mol. The third kappa shape index (κ3) is 5.60. The van der Waals surface area contributed by atoms with Gasteiger partial charge in [0.1, 0.15) is 5.75 Å². The van der Waals surface area contributed by atoms with Crippen LogP contribution in [0.5, 0.6) is 5.75 Å². The summed E-state index contributed by atoms with van der Waals surface area (Å²) in [5.41, 5.74) is 1.45. The van der Waals surface area contributed by atoms with Crippen LogP contribution in [0.15, 0.2) is 53.7 Å².